The van der Waals surface area contributed by atoms with E-state index in [1.807, 2.05) is 6.92 Å². The number of para-hydroxylation sites is 2. The van der Waals surface area contributed by atoms with Gasteiger partial charge in [0.05, 0.1) is 20.8 Å². The third-order valence-electron chi connectivity index (χ3n) is 3.48. The maximum Gasteiger partial charge on any atom is 0.205 e. The Morgan fingerprint density at radius 1 is 1.04 bits per heavy atom. The molecule has 0 aliphatic heterocycles. The monoisotopic (exact) mass is 316 g/mol. The number of ketones is 1. The number of carbonyl (C=O) groups excluding carboxylic acids is 1. The highest BCUT2D eigenvalue weighted by atomic mass is 16.5. The fraction of sp³-hybridized carbons (Fsp3) is 0.278. The Morgan fingerprint density at radius 3 is 2.26 bits per heavy atom. The lowest BCUT2D eigenvalue weighted by atomic mass is 10.0. The highest BCUT2D eigenvalue weighted by Crippen LogP contribution is 2.28. The second kappa shape index (κ2) is 7.65. The summed E-state index contributed by atoms with van der Waals surface area (Å²) >= 11 is 0. The molecule has 0 aromatic heterocycles. The minimum Gasteiger partial charge on any atom is -0.496 e. The van der Waals surface area contributed by atoms with E-state index in [4.69, 9.17) is 14.2 Å². The first-order chi connectivity index (χ1) is 11.1. The van der Waals surface area contributed by atoms with Gasteiger partial charge in [0.15, 0.2) is 17.6 Å². The number of carbonyl (C=O) groups is 1. The fourth-order valence-electron chi connectivity index (χ4n) is 2.26. The summed E-state index contributed by atoms with van der Waals surface area (Å²) in [5.74, 6) is 1.31. The Hall–Kier alpha value is -2.53. The number of aryl methyl sites for hydroxylation is 1. The van der Waals surface area contributed by atoms with Gasteiger partial charge in [-0.1, -0.05) is 12.1 Å². The summed E-state index contributed by atoms with van der Waals surface area (Å²) < 4.78 is 16.0. The number of hydrogen-bond donors (Lipinski definition) is 1. The van der Waals surface area contributed by atoms with E-state index in [9.17, 15) is 9.90 Å². The van der Waals surface area contributed by atoms with Crippen LogP contribution in [0.1, 0.15) is 15.9 Å². The zero-order valence-electron chi connectivity index (χ0n) is 13.4. The molecule has 0 saturated heterocycles. The maximum absolute atomic E-state index is 12.6. The molecule has 1 atom stereocenters. The van der Waals surface area contributed by atoms with Crippen molar-refractivity contribution in [1.29, 1.82) is 0 Å². The molecule has 2 rings (SSSR count). The number of hydrogen-bond acceptors (Lipinski definition) is 5. The molecule has 0 saturated carbocycles. The molecule has 5 nitrogen and oxygen atoms in total. The van der Waals surface area contributed by atoms with Gasteiger partial charge in [-0.15, -0.1) is 0 Å². The molecular formula is C18H20O5. The molecule has 122 valence electrons. The van der Waals surface area contributed by atoms with Gasteiger partial charge < -0.3 is 19.3 Å². The topological polar surface area (TPSA) is 65.0 Å². The molecule has 5 heteroatoms. The van der Waals surface area contributed by atoms with Crippen molar-refractivity contribution in [3.8, 4) is 17.2 Å². The van der Waals surface area contributed by atoms with Crippen LogP contribution in [0.15, 0.2) is 42.5 Å². The molecule has 0 radical (unpaired) electrons. The van der Waals surface area contributed by atoms with Crippen LogP contribution in [0.2, 0.25) is 0 Å². The van der Waals surface area contributed by atoms with Crippen molar-refractivity contribution >= 4 is 5.78 Å². The van der Waals surface area contributed by atoms with Gasteiger partial charge in [0.1, 0.15) is 5.75 Å². The first-order valence-corrected chi connectivity index (χ1v) is 7.20. The summed E-state index contributed by atoms with van der Waals surface area (Å²) in [5, 5.41) is 9.54. The lowest BCUT2D eigenvalue weighted by Gasteiger charge is -2.18. The van der Waals surface area contributed by atoms with Crippen LogP contribution >= 0.6 is 0 Å². The number of aliphatic hydroxyl groups is 1. The van der Waals surface area contributed by atoms with Gasteiger partial charge in [-0.3, -0.25) is 4.79 Å². The maximum atomic E-state index is 12.6. The summed E-state index contributed by atoms with van der Waals surface area (Å²) in [6.07, 6.45) is -1.00. The predicted molar refractivity (Wildman–Crippen MR) is 86.6 cm³/mol. The molecule has 23 heavy (non-hydrogen) atoms. The largest absolute Gasteiger partial charge is 0.496 e. The van der Waals surface area contributed by atoms with Gasteiger partial charge in [-0.05, 0) is 42.8 Å². The number of benzene rings is 2. The van der Waals surface area contributed by atoms with E-state index in [0.717, 1.165) is 5.56 Å². The van der Waals surface area contributed by atoms with Crippen molar-refractivity contribution in [3.05, 3.63) is 53.6 Å². The Morgan fingerprint density at radius 2 is 1.70 bits per heavy atom. The third-order valence-corrected chi connectivity index (χ3v) is 3.48. The fourth-order valence-corrected chi connectivity index (χ4v) is 2.26. The van der Waals surface area contributed by atoms with Crippen molar-refractivity contribution in [2.24, 2.45) is 0 Å². The van der Waals surface area contributed by atoms with Gasteiger partial charge in [0.25, 0.3) is 0 Å². The lowest BCUT2D eigenvalue weighted by Crippen LogP contribution is -2.31. The molecule has 0 fully saturated rings. The first-order valence-electron chi connectivity index (χ1n) is 7.20. The van der Waals surface area contributed by atoms with E-state index >= 15 is 0 Å². The van der Waals surface area contributed by atoms with E-state index in [-0.39, 0.29) is 5.78 Å². The molecule has 2 aromatic carbocycles. The smallest absolute Gasteiger partial charge is 0.205 e. The minimum absolute atomic E-state index is 0.302. The van der Waals surface area contributed by atoms with Gasteiger partial charge in [-0.25, -0.2) is 0 Å². The summed E-state index contributed by atoms with van der Waals surface area (Å²) in [6, 6.07) is 12.1. The van der Waals surface area contributed by atoms with Crippen LogP contribution in [-0.2, 0) is 0 Å². The van der Waals surface area contributed by atoms with Crippen LogP contribution in [0.4, 0.5) is 0 Å². The molecule has 0 bridgehead atoms. The van der Waals surface area contributed by atoms with Crippen molar-refractivity contribution in [3.63, 3.8) is 0 Å². The summed E-state index contributed by atoms with van der Waals surface area (Å²) in [4.78, 5) is 12.6. The zero-order valence-corrected chi connectivity index (χ0v) is 13.4. The van der Waals surface area contributed by atoms with Crippen LogP contribution in [0, 0.1) is 6.92 Å². The van der Waals surface area contributed by atoms with Crippen molar-refractivity contribution in [1.82, 2.24) is 0 Å². The summed E-state index contributed by atoms with van der Waals surface area (Å²) in [7, 11) is 3.09. The molecule has 0 heterocycles. The number of methoxy groups -OCH3 is 2. The number of aliphatic hydroxyl groups excluding tert-OH is 1. The Balaban J connectivity index is 2.23. The van der Waals surface area contributed by atoms with Gasteiger partial charge in [0.2, 0.25) is 5.78 Å². The second-order valence-corrected chi connectivity index (χ2v) is 4.99. The van der Waals surface area contributed by atoms with Crippen LogP contribution in [0.25, 0.3) is 0 Å². The van der Waals surface area contributed by atoms with E-state index in [1.165, 1.54) is 7.11 Å². The molecular weight excluding hydrogens is 296 g/mol. The molecule has 0 aliphatic carbocycles. The van der Waals surface area contributed by atoms with E-state index in [0.29, 0.717) is 22.8 Å². The lowest BCUT2D eigenvalue weighted by molar-refractivity contribution is 0.0652. The van der Waals surface area contributed by atoms with Crippen LogP contribution in [0.5, 0.6) is 17.2 Å². The average molecular weight is 316 g/mol. The van der Waals surface area contributed by atoms with Gasteiger partial charge in [0, 0.05) is 5.56 Å². The van der Waals surface area contributed by atoms with Gasteiger partial charge in [-0.2, -0.15) is 0 Å². The number of ether oxygens (including phenoxy) is 3. The predicted octanol–water partition coefficient (Wildman–Crippen LogP) is 2.63. The zero-order chi connectivity index (χ0) is 16.8. The van der Waals surface area contributed by atoms with E-state index in [2.05, 4.69) is 0 Å². The van der Waals surface area contributed by atoms with Crippen molar-refractivity contribution in [2.75, 3.05) is 20.8 Å². The van der Waals surface area contributed by atoms with Gasteiger partial charge >= 0.3 is 0 Å². The number of rotatable bonds is 7. The normalized spacial score (nSPS) is 11.7. The second-order valence-electron chi connectivity index (χ2n) is 4.99. The minimum atomic E-state index is -1.00. The molecule has 0 aliphatic rings. The summed E-state index contributed by atoms with van der Waals surface area (Å²) in [6.45, 7) is 1.42. The van der Waals surface area contributed by atoms with Crippen LogP contribution in [0.3, 0.4) is 0 Å². The standard InChI is InChI=1S/C18H20O5/c1-12-10-13(8-9-14(12)21-2)18(20)17(11-19)23-16-7-5-4-6-15(16)22-3/h4-10,17,19H,11H2,1-3H3. The molecule has 0 amide bonds. The Labute approximate surface area is 135 Å². The van der Waals surface area contributed by atoms with E-state index < -0.39 is 12.7 Å². The quantitative estimate of drug-likeness (QED) is 0.796. The Bertz CT molecular complexity index is 681. The molecule has 1 N–H and O–H groups in total. The third kappa shape index (κ3) is 3.81. The van der Waals surface area contributed by atoms with Crippen LogP contribution < -0.4 is 14.2 Å². The highest BCUT2D eigenvalue weighted by Gasteiger charge is 2.23. The number of Topliss-reactive ketones (excluding diaryl/α,β-unsaturated/α-hetero) is 1. The van der Waals surface area contributed by atoms with Crippen molar-refractivity contribution in [2.45, 2.75) is 13.0 Å². The average Bonchev–Trinajstić information content (AvgIpc) is 2.59. The van der Waals surface area contributed by atoms with Crippen LogP contribution in [-0.4, -0.2) is 37.8 Å². The molecule has 1 unspecified atom stereocenters. The summed E-state index contributed by atoms with van der Waals surface area (Å²) in [5.41, 5.74) is 1.30. The molecule has 2 aromatic rings. The highest BCUT2D eigenvalue weighted by molar-refractivity contribution is 6.00. The first kappa shape index (κ1) is 16.8. The van der Waals surface area contributed by atoms with E-state index in [1.54, 1.807) is 49.6 Å². The SMILES string of the molecule is COc1ccc(C(=O)C(CO)Oc2ccccc2OC)cc1C. The Kier molecular flexibility index (Phi) is 5.60. The van der Waals surface area contributed by atoms with Crippen molar-refractivity contribution < 1.29 is 24.1 Å². The molecule has 0 spiro atoms.